The Morgan fingerprint density at radius 2 is 2.19 bits per heavy atom. The van der Waals surface area contributed by atoms with Crippen LogP contribution in [0.25, 0.3) is 11.4 Å². The van der Waals surface area contributed by atoms with Crippen molar-refractivity contribution in [1.29, 1.82) is 0 Å². The summed E-state index contributed by atoms with van der Waals surface area (Å²) < 4.78 is 8.75. The van der Waals surface area contributed by atoms with E-state index in [1.54, 1.807) is 37.2 Å². The Hall–Kier alpha value is -3.16. The molecular weight excluding hydrogens is 332 g/mol. The molecule has 0 atom stereocenters. The number of nitrogens with zero attached hydrogens (tertiary/aromatic N) is 5. The van der Waals surface area contributed by atoms with Gasteiger partial charge in [0.05, 0.1) is 7.11 Å². The summed E-state index contributed by atoms with van der Waals surface area (Å²) in [5, 5.41) is 7.25. The lowest BCUT2D eigenvalue weighted by molar-refractivity contribution is 0.0953. The average Bonchev–Trinajstić information content (AvgIpc) is 3.24. The maximum absolute atomic E-state index is 12.4. The lowest BCUT2D eigenvalue weighted by atomic mass is 10.1. The van der Waals surface area contributed by atoms with Gasteiger partial charge in [0.2, 0.25) is 0 Å². The highest BCUT2D eigenvalue weighted by molar-refractivity contribution is 5.95. The van der Waals surface area contributed by atoms with E-state index in [9.17, 15) is 4.79 Å². The first-order valence-corrected chi connectivity index (χ1v) is 8.40. The zero-order valence-corrected chi connectivity index (χ0v) is 15.1. The van der Waals surface area contributed by atoms with E-state index < -0.39 is 0 Å². The number of hydrogen-bond donors (Lipinski definition) is 1. The minimum Gasteiger partial charge on any atom is -0.467 e. The van der Waals surface area contributed by atoms with Crippen LogP contribution in [0.4, 0.5) is 0 Å². The molecule has 8 nitrogen and oxygen atoms in total. The molecule has 26 heavy (non-hydrogen) atoms. The van der Waals surface area contributed by atoms with Crippen molar-refractivity contribution >= 4 is 5.91 Å². The molecule has 1 N–H and O–H groups in total. The van der Waals surface area contributed by atoms with Crippen molar-refractivity contribution in [2.24, 2.45) is 7.05 Å². The Bertz CT molecular complexity index is 899. The fourth-order valence-corrected chi connectivity index (χ4v) is 2.66. The molecule has 0 bridgehead atoms. The van der Waals surface area contributed by atoms with Gasteiger partial charge < -0.3 is 14.6 Å². The van der Waals surface area contributed by atoms with Crippen molar-refractivity contribution in [3.8, 4) is 17.4 Å². The van der Waals surface area contributed by atoms with Gasteiger partial charge in [-0.3, -0.25) is 4.79 Å². The Kier molecular flexibility index (Phi) is 5.31. The zero-order chi connectivity index (χ0) is 18.5. The van der Waals surface area contributed by atoms with Crippen LogP contribution >= 0.6 is 0 Å². The minimum absolute atomic E-state index is 0.114. The van der Waals surface area contributed by atoms with Crippen LogP contribution in [0.2, 0.25) is 0 Å². The maximum Gasteiger partial charge on any atom is 0.314 e. The molecule has 136 valence electrons. The van der Waals surface area contributed by atoms with Gasteiger partial charge in [0.25, 0.3) is 5.91 Å². The summed E-state index contributed by atoms with van der Waals surface area (Å²) in [6, 6.07) is 7.67. The second-order valence-corrected chi connectivity index (χ2v) is 5.90. The largest absolute Gasteiger partial charge is 0.467 e. The third-order valence-electron chi connectivity index (χ3n) is 4.07. The number of carbonyl (C=O) groups excluding carboxylic acids is 1. The highest BCUT2D eigenvalue weighted by atomic mass is 16.5. The third-order valence-corrected chi connectivity index (χ3v) is 4.07. The highest BCUT2D eigenvalue weighted by Crippen LogP contribution is 2.19. The number of imidazole rings is 1. The number of hydrogen-bond acceptors (Lipinski definition) is 5. The molecule has 3 rings (SSSR count). The molecule has 0 aliphatic heterocycles. The molecule has 2 aromatic heterocycles. The SMILES string of the molecule is COc1nc(-c2cccc(C(=O)NCCCn3ccnc3C)c2)nn1C. The first-order chi connectivity index (χ1) is 12.6. The smallest absolute Gasteiger partial charge is 0.314 e. The summed E-state index contributed by atoms with van der Waals surface area (Å²) in [7, 11) is 3.30. The maximum atomic E-state index is 12.4. The van der Waals surface area contributed by atoms with Crippen LogP contribution in [0.5, 0.6) is 6.01 Å². The summed E-state index contributed by atoms with van der Waals surface area (Å²) >= 11 is 0. The summed E-state index contributed by atoms with van der Waals surface area (Å²) in [5.41, 5.74) is 1.35. The number of aromatic nitrogens is 5. The molecule has 1 amide bonds. The number of nitrogens with one attached hydrogen (secondary N) is 1. The summed E-state index contributed by atoms with van der Waals surface area (Å²) in [5.74, 6) is 1.38. The second kappa shape index (κ2) is 7.81. The summed E-state index contributed by atoms with van der Waals surface area (Å²) in [6.07, 6.45) is 4.55. The van der Waals surface area contributed by atoms with E-state index in [2.05, 4.69) is 25.0 Å². The average molecular weight is 354 g/mol. The standard InChI is InChI=1S/C18H22N6O2/c1-13-19-9-11-24(13)10-5-8-20-17(25)15-7-4-6-14(12-15)16-21-18(26-3)23(2)22-16/h4,6-7,9,11-12H,5,8,10H2,1-3H3,(H,20,25). The van der Waals surface area contributed by atoms with Crippen LogP contribution in [0.3, 0.4) is 0 Å². The van der Waals surface area contributed by atoms with Crippen LogP contribution in [0, 0.1) is 6.92 Å². The molecule has 0 aliphatic rings. The van der Waals surface area contributed by atoms with E-state index in [0.717, 1.165) is 24.4 Å². The Labute approximate surface area is 151 Å². The molecule has 0 aliphatic carbocycles. The van der Waals surface area contributed by atoms with Crippen molar-refractivity contribution in [3.05, 3.63) is 48.0 Å². The van der Waals surface area contributed by atoms with Crippen LogP contribution in [0.15, 0.2) is 36.7 Å². The topological polar surface area (TPSA) is 86.9 Å². The van der Waals surface area contributed by atoms with Gasteiger partial charge in [-0.05, 0) is 25.5 Å². The molecule has 0 saturated carbocycles. The number of benzene rings is 1. The van der Waals surface area contributed by atoms with Crippen molar-refractivity contribution in [2.75, 3.05) is 13.7 Å². The second-order valence-electron chi connectivity index (χ2n) is 5.90. The molecule has 0 fully saturated rings. The van der Waals surface area contributed by atoms with E-state index in [-0.39, 0.29) is 5.91 Å². The quantitative estimate of drug-likeness (QED) is 0.654. The van der Waals surface area contributed by atoms with Gasteiger partial charge in [-0.15, -0.1) is 5.10 Å². The summed E-state index contributed by atoms with van der Waals surface area (Å²) in [6.45, 7) is 3.38. The predicted molar refractivity (Wildman–Crippen MR) is 96.9 cm³/mol. The number of methoxy groups -OCH3 is 1. The number of carbonyl (C=O) groups is 1. The van der Waals surface area contributed by atoms with Gasteiger partial charge in [0, 0.05) is 43.7 Å². The number of ether oxygens (including phenoxy) is 1. The van der Waals surface area contributed by atoms with Crippen LogP contribution < -0.4 is 10.1 Å². The molecule has 0 radical (unpaired) electrons. The Morgan fingerprint density at radius 1 is 1.35 bits per heavy atom. The van der Waals surface area contributed by atoms with Gasteiger partial charge in [-0.1, -0.05) is 12.1 Å². The lowest BCUT2D eigenvalue weighted by Crippen LogP contribution is -2.25. The van der Waals surface area contributed by atoms with E-state index in [1.165, 1.54) is 0 Å². The van der Waals surface area contributed by atoms with Crippen molar-refractivity contribution < 1.29 is 9.53 Å². The minimum atomic E-state index is -0.114. The summed E-state index contributed by atoms with van der Waals surface area (Å²) in [4.78, 5) is 20.9. The number of aryl methyl sites for hydroxylation is 3. The van der Waals surface area contributed by atoms with Gasteiger partial charge in [-0.2, -0.15) is 4.98 Å². The van der Waals surface area contributed by atoms with E-state index in [1.807, 2.05) is 25.3 Å². The van der Waals surface area contributed by atoms with Crippen LogP contribution in [-0.4, -0.2) is 43.9 Å². The number of amides is 1. The highest BCUT2D eigenvalue weighted by Gasteiger charge is 2.12. The number of rotatable bonds is 7. The van der Waals surface area contributed by atoms with Gasteiger partial charge in [0.15, 0.2) is 5.82 Å². The van der Waals surface area contributed by atoms with Gasteiger partial charge in [0.1, 0.15) is 5.82 Å². The normalized spacial score (nSPS) is 10.7. The van der Waals surface area contributed by atoms with Crippen LogP contribution in [0.1, 0.15) is 22.6 Å². The fraction of sp³-hybridized carbons (Fsp3) is 0.333. The van der Waals surface area contributed by atoms with Crippen molar-refractivity contribution in [1.82, 2.24) is 29.6 Å². The molecule has 0 saturated heterocycles. The zero-order valence-electron chi connectivity index (χ0n) is 15.1. The first-order valence-electron chi connectivity index (χ1n) is 8.40. The molecule has 8 heteroatoms. The Balaban J connectivity index is 1.60. The van der Waals surface area contributed by atoms with Crippen LogP contribution in [-0.2, 0) is 13.6 Å². The van der Waals surface area contributed by atoms with E-state index >= 15 is 0 Å². The van der Waals surface area contributed by atoms with Crippen molar-refractivity contribution in [3.63, 3.8) is 0 Å². The molecule has 1 aromatic carbocycles. The molecular formula is C18H22N6O2. The molecule has 3 aromatic rings. The molecule has 2 heterocycles. The van der Waals surface area contributed by atoms with Gasteiger partial charge in [-0.25, -0.2) is 9.67 Å². The van der Waals surface area contributed by atoms with E-state index in [0.29, 0.717) is 23.9 Å². The lowest BCUT2D eigenvalue weighted by Gasteiger charge is -2.07. The fourth-order valence-electron chi connectivity index (χ4n) is 2.66. The predicted octanol–water partition coefficient (Wildman–Crippen LogP) is 1.82. The first kappa shape index (κ1) is 17.7. The monoisotopic (exact) mass is 354 g/mol. The molecule has 0 spiro atoms. The Morgan fingerprint density at radius 3 is 2.88 bits per heavy atom. The molecule has 0 unspecified atom stereocenters. The van der Waals surface area contributed by atoms with Gasteiger partial charge >= 0.3 is 6.01 Å². The third kappa shape index (κ3) is 3.90. The van der Waals surface area contributed by atoms with Crippen molar-refractivity contribution in [2.45, 2.75) is 19.9 Å². The van der Waals surface area contributed by atoms with E-state index in [4.69, 9.17) is 4.74 Å².